The minimum atomic E-state index is 0.669. The number of hydrogen-bond donors (Lipinski definition) is 0. The van der Waals surface area contributed by atoms with Crippen molar-refractivity contribution in [1.82, 2.24) is 4.90 Å². The molecule has 0 radical (unpaired) electrons. The molecule has 0 N–H and O–H groups in total. The smallest absolute Gasteiger partial charge is 0.00192 e. The Balaban J connectivity index is 3.40. The maximum Gasteiger partial charge on any atom is -0.00192 e. The Hall–Kier alpha value is -0.300. The summed E-state index contributed by atoms with van der Waals surface area (Å²) in [5.41, 5.74) is 1.29. The Morgan fingerprint density at radius 2 is 2.00 bits per heavy atom. The number of nitrogens with zero attached hydrogens (tertiary/aromatic N) is 1. The minimum Gasteiger partial charge on any atom is -0.309 e. The standard InChI is InChI=1S/C9H19N/c1-8(2)9(3)6-7-10(4)5/h9H,1,6-7H2,2-5H3. The molecule has 0 fully saturated rings. The van der Waals surface area contributed by atoms with E-state index in [0.29, 0.717) is 5.92 Å². The minimum absolute atomic E-state index is 0.669. The van der Waals surface area contributed by atoms with E-state index >= 15 is 0 Å². The van der Waals surface area contributed by atoms with Crippen molar-refractivity contribution in [2.75, 3.05) is 20.6 Å². The highest BCUT2D eigenvalue weighted by Gasteiger charge is 2.01. The van der Waals surface area contributed by atoms with Crippen LogP contribution in [-0.2, 0) is 0 Å². The largest absolute Gasteiger partial charge is 0.309 e. The van der Waals surface area contributed by atoms with Gasteiger partial charge in [0.25, 0.3) is 0 Å². The summed E-state index contributed by atoms with van der Waals surface area (Å²) in [4.78, 5) is 2.21. The van der Waals surface area contributed by atoms with E-state index in [0.717, 1.165) is 6.54 Å². The van der Waals surface area contributed by atoms with Crippen LogP contribution in [0.4, 0.5) is 0 Å². The lowest BCUT2D eigenvalue weighted by atomic mass is 10.0. The molecule has 10 heavy (non-hydrogen) atoms. The fourth-order valence-electron chi connectivity index (χ4n) is 0.698. The summed E-state index contributed by atoms with van der Waals surface area (Å²) < 4.78 is 0. The molecule has 0 saturated carbocycles. The van der Waals surface area contributed by atoms with Gasteiger partial charge in [0.1, 0.15) is 0 Å². The third kappa shape index (κ3) is 4.57. The van der Waals surface area contributed by atoms with Gasteiger partial charge in [0.2, 0.25) is 0 Å². The van der Waals surface area contributed by atoms with E-state index in [4.69, 9.17) is 0 Å². The van der Waals surface area contributed by atoms with Gasteiger partial charge in [-0.25, -0.2) is 0 Å². The van der Waals surface area contributed by atoms with Crippen LogP contribution in [0.25, 0.3) is 0 Å². The molecule has 0 bridgehead atoms. The van der Waals surface area contributed by atoms with Gasteiger partial charge in [-0.15, -0.1) is 0 Å². The highest BCUT2D eigenvalue weighted by molar-refractivity contribution is 4.93. The monoisotopic (exact) mass is 141 g/mol. The van der Waals surface area contributed by atoms with Gasteiger partial charge in [-0.3, -0.25) is 0 Å². The summed E-state index contributed by atoms with van der Waals surface area (Å²) in [6.07, 6.45) is 1.22. The summed E-state index contributed by atoms with van der Waals surface area (Å²) in [5.74, 6) is 0.669. The van der Waals surface area contributed by atoms with Gasteiger partial charge in [0, 0.05) is 0 Å². The summed E-state index contributed by atoms with van der Waals surface area (Å²) in [6, 6.07) is 0. The van der Waals surface area contributed by atoms with Gasteiger partial charge in [-0.05, 0) is 39.9 Å². The van der Waals surface area contributed by atoms with Crippen LogP contribution < -0.4 is 0 Å². The quantitative estimate of drug-likeness (QED) is 0.542. The zero-order valence-electron chi connectivity index (χ0n) is 7.65. The van der Waals surface area contributed by atoms with Crippen molar-refractivity contribution < 1.29 is 0 Å². The highest BCUT2D eigenvalue weighted by Crippen LogP contribution is 2.10. The number of rotatable bonds is 4. The van der Waals surface area contributed by atoms with Crippen molar-refractivity contribution in [2.45, 2.75) is 20.3 Å². The second-order valence-corrected chi connectivity index (χ2v) is 3.34. The molecule has 0 aliphatic heterocycles. The molecule has 0 spiro atoms. The van der Waals surface area contributed by atoms with E-state index in [9.17, 15) is 0 Å². The predicted molar refractivity (Wildman–Crippen MR) is 47.1 cm³/mol. The summed E-state index contributed by atoms with van der Waals surface area (Å²) in [7, 11) is 4.20. The van der Waals surface area contributed by atoms with E-state index < -0.39 is 0 Å². The van der Waals surface area contributed by atoms with Crippen LogP contribution in [0.15, 0.2) is 12.2 Å². The highest BCUT2D eigenvalue weighted by atomic mass is 15.0. The van der Waals surface area contributed by atoms with Crippen LogP contribution in [0.3, 0.4) is 0 Å². The molecule has 1 atom stereocenters. The molecule has 0 heterocycles. The lowest BCUT2D eigenvalue weighted by molar-refractivity contribution is 0.375. The molecule has 60 valence electrons. The van der Waals surface area contributed by atoms with E-state index in [1.165, 1.54) is 12.0 Å². The van der Waals surface area contributed by atoms with Crippen LogP contribution in [0.1, 0.15) is 20.3 Å². The van der Waals surface area contributed by atoms with Gasteiger partial charge >= 0.3 is 0 Å². The average molecular weight is 141 g/mol. The fraction of sp³-hybridized carbons (Fsp3) is 0.778. The van der Waals surface area contributed by atoms with Crippen molar-refractivity contribution in [1.29, 1.82) is 0 Å². The summed E-state index contributed by atoms with van der Waals surface area (Å²) >= 11 is 0. The first-order chi connectivity index (χ1) is 4.54. The van der Waals surface area contributed by atoms with Gasteiger partial charge in [0.15, 0.2) is 0 Å². The number of allylic oxidation sites excluding steroid dienone is 1. The molecule has 0 saturated heterocycles. The van der Waals surface area contributed by atoms with Crippen molar-refractivity contribution in [2.24, 2.45) is 5.92 Å². The van der Waals surface area contributed by atoms with E-state index in [-0.39, 0.29) is 0 Å². The SMILES string of the molecule is C=C(C)C(C)CCN(C)C. The second-order valence-electron chi connectivity index (χ2n) is 3.34. The Kier molecular flexibility index (Phi) is 4.37. The molecule has 0 aliphatic carbocycles. The molecular formula is C9H19N. The van der Waals surface area contributed by atoms with Crippen LogP contribution in [0.2, 0.25) is 0 Å². The molecule has 1 heteroatoms. The molecule has 0 aliphatic rings. The summed E-state index contributed by atoms with van der Waals surface area (Å²) in [5, 5.41) is 0. The van der Waals surface area contributed by atoms with Gasteiger partial charge < -0.3 is 4.90 Å². The summed E-state index contributed by atoms with van der Waals surface area (Å²) in [6.45, 7) is 9.40. The lowest BCUT2D eigenvalue weighted by Crippen LogP contribution is -2.15. The molecule has 0 aromatic rings. The molecule has 1 unspecified atom stereocenters. The van der Waals surface area contributed by atoms with Crippen LogP contribution in [0, 0.1) is 5.92 Å². The molecule has 0 aromatic carbocycles. The van der Waals surface area contributed by atoms with Gasteiger partial charge in [-0.1, -0.05) is 19.1 Å². The Morgan fingerprint density at radius 1 is 1.50 bits per heavy atom. The maximum absolute atomic E-state index is 3.91. The van der Waals surface area contributed by atoms with Crippen molar-refractivity contribution in [3.63, 3.8) is 0 Å². The van der Waals surface area contributed by atoms with E-state index in [1.807, 2.05) is 0 Å². The molecule has 0 rings (SSSR count). The zero-order valence-corrected chi connectivity index (χ0v) is 7.65. The third-order valence-corrected chi connectivity index (χ3v) is 1.85. The molecule has 0 amide bonds. The average Bonchev–Trinajstić information content (AvgIpc) is 1.82. The van der Waals surface area contributed by atoms with Crippen molar-refractivity contribution in [3.8, 4) is 0 Å². The topological polar surface area (TPSA) is 3.24 Å². The van der Waals surface area contributed by atoms with Gasteiger partial charge in [0.05, 0.1) is 0 Å². The third-order valence-electron chi connectivity index (χ3n) is 1.85. The first kappa shape index (κ1) is 9.70. The van der Waals surface area contributed by atoms with Gasteiger partial charge in [-0.2, -0.15) is 0 Å². The Bertz CT molecular complexity index is 105. The predicted octanol–water partition coefficient (Wildman–Crippen LogP) is 2.15. The first-order valence-corrected chi connectivity index (χ1v) is 3.84. The van der Waals surface area contributed by atoms with Crippen LogP contribution >= 0.6 is 0 Å². The second kappa shape index (κ2) is 4.51. The number of hydrogen-bond acceptors (Lipinski definition) is 1. The maximum atomic E-state index is 3.91. The Morgan fingerprint density at radius 3 is 2.30 bits per heavy atom. The normalized spacial score (nSPS) is 13.7. The van der Waals surface area contributed by atoms with Crippen molar-refractivity contribution >= 4 is 0 Å². The van der Waals surface area contributed by atoms with Crippen LogP contribution in [0.5, 0.6) is 0 Å². The van der Waals surface area contributed by atoms with Crippen LogP contribution in [-0.4, -0.2) is 25.5 Å². The first-order valence-electron chi connectivity index (χ1n) is 3.84. The molecular weight excluding hydrogens is 122 g/mol. The van der Waals surface area contributed by atoms with E-state index in [1.54, 1.807) is 0 Å². The molecule has 1 nitrogen and oxygen atoms in total. The zero-order chi connectivity index (χ0) is 8.15. The van der Waals surface area contributed by atoms with Crippen molar-refractivity contribution in [3.05, 3.63) is 12.2 Å². The fourth-order valence-corrected chi connectivity index (χ4v) is 0.698. The van der Waals surface area contributed by atoms with E-state index in [2.05, 4.69) is 39.4 Å². The lowest BCUT2D eigenvalue weighted by Gasteiger charge is -2.14. The molecule has 0 aromatic heterocycles. The Labute approximate surface area is 64.7 Å².